The molecule has 2 aliphatic rings. The van der Waals surface area contributed by atoms with Crippen molar-refractivity contribution in [2.45, 2.75) is 70.8 Å². The SMILES string of the molecule is CC(C)(C)C[C@]1(c2ccc(-c3cnn(C4CC4)n3)cc2)N/C(=N\C(=O)OCc2ccccc2)N([C@H](COC(=O)Cl)c2ccc(Cl)c(-c3ncnn3C(F)F)c2)C1=O. The van der Waals surface area contributed by atoms with Gasteiger partial charge in [0.05, 0.1) is 23.3 Å². The van der Waals surface area contributed by atoms with Gasteiger partial charge in [0, 0.05) is 22.7 Å². The molecule has 2 aromatic heterocycles. The van der Waals surface area contributed by atoms with Crippen LogP contribution in [0.3, 0.4) is 0 Å². The van der Waals surface area contributed by atoms with Gasteiger partial charge in [-0.1, -0.05) is 93.0 Å². The number of alkyl halides is 2. The van der Waals surface area contributed by atoms with Crippen molar-refractivity contribution in [3.05, 3.63) is 107 Å². The van der Waals surface area contributed by atoms with E-state index in [0.717, 1.165) is 24.7 Å². The van der Waals surface area contributed by atoms with Gasteiger partial charge in [-0.25, -0.2) is 14.6 Å². The maximum Gasteiger partial charge on any atom is 0.437 e. The third kappa shape index (κ3) is 8.66. The van der Waals surface area contributed by atoms with Gasteiger partial charge in [0.2, 0.25) is 5.96 Å². The molecule has 18 heteroatoms. The molecule has 1 aliphatic heterocycles. The van der Waals surface area contributed by atoms with Crippen molar-refractivity contribution in [2.75, 3.05) is 6.61 Å². The highest BCUT2D eigenvalue weighted by atomic mass is 35.5. The monoisotopic (exact) mass is 819 g/mol. The molecule has 2 atom stereocenters. The fourth-order valence-corrected chi connectivity index (χ4v) is 7.08. The second kappa shape index (κ2) is 16.0. The number of hydrogen-bond acceptors (Lipinski definition) is 9. The predicted molar refractivity (Wildman–Crippen MR) is 205 cm³/mol. The summed E-state index contributed by atoms with van der Waals surface area (Å²) in [6.45, 7) is 2.17. The fraction of sp³-hybridized carbons (Fsp3) is 0.333. The number of nitrogens with one attached hydrogen (secondary N) is 1. The maximum absolute atomic E-state index is 15.4. The molecule has 3 heterocycles. The summed E-state index contributed by atoms with van der Waals surface area (Å²) < 4.78 is 39.1. The zero-order valence-corrected chi connectivity index (χ0v) is 32.5. The zero-order valence-electron chi connectivity index (χ0n) is 31.0. The number of nitrogens with zero attached hydrogens (tertiary/aromatic N) is 8. The van der Waals surface area contributed by atoms with Crippen LogP contribution in [0.25, 0.3) is 22.6 Å². The molecule has 1 saturated carbocycles. The average molecular weight is 821 g/mol. The first-order valence-electron chi connectivity index (χ1n) is 18.0. The van der Waals surface area contributed by atoms with Gasteiger partial charge in [-0.2, -0.15) is 33.6 Å². The summed E-state index contributed by atoms with van der Waals surface area (Å²) in [5.74, 6) is -1.04. The summed E-state index contributed by atoms with van der Waals surface area (Å²) in [5, 5.41) is 16.0. The topological polar surface area (TPSA) is 159 Å². The molecular formula is C39H37Cl2F2N9O5. The van der Waals surface area contributed by atoms with Crippen LogP contribution < -0.4 is 5.32 Å². The van der Waals surface area contributed by atoms with E-state index in [1.807, 2.05) is 39.0 Å². The molecule has 3 aromatic carbocycles. The van der Waals surface area contributed by atoms with Crippen molar-refractivity contribution < 1.29 is 32.6 Å². The van der Waals surface area contributed by atoms with Gasteiger partial charge in [0.1, 0.15) is 30.8 Å². The normalized spacial score (nSPS) is 18.2. The van der Waals surface area contributed by atoms with E-state index in [2.05, 4.69) is 30.6 Å². The van der Waals surface area contributed by atoms with Crippen LogP contribution in [0, 0.1) is 5.41 Å². The summed E-state index contributed by atoms with van der Waals surface area (Å²) in [7, 11) is 0. The molecule has 1 aliphatic carbocycles. The average Bonchev–Trinajstić information content (AvgIpc) is 3.57. The number of halogens is 4. The number of aliphatic imine (C=N–C) groups is 1. The van der Waals surface area contributed by atoms with Gasteiger partial charge in [0.15, 0.2) is 5.82 Å². The highest BCUT2D eigenvalue weighted by Crippen LogP contribution is 2.44. The number of rotatable bonds is 12. The minimum atomic E-state index is -3.05. The zero-order chi connectivity index (χ0) is 40.5. The number of amides is 2. The van der Waals surface area contributed by atoms with Gasteiger partial charge >= 0.3 is 18.1 Å². The Hall–Kier alpha value is -5.74. The van der Waals surface area contributed by atoms with Gasteiger partial charge in [-0.3, -0.25) is 9.69 Å². The van der Waals surface area contributed by atoms with E-state index in [1.165, 1.54) is 23.1 Å². The second-order valence-corrected chi connectivity index (χ2v) is 15.6. The van der Waals surface area contributed by atoms with Crippen LogP contribution in [0.1, 0.15) is 75.4 Å². The number of ether oxygens (including phenoxy) is 2. The Bertz CT molecular complexity index is 2310. The van der Waals surface area contributed by atoms with Gasteiger partial charge < -0.3 is 14.8 Å². The molecule has 0 bridgehead atoms. The lowest BCUT2D eigenvalue weighted by Crippen LogP contribution is -2.47. The smallest absolute Gasteiger partial charge is 0.437 e. The lowest BCUT2D eigenvalue weighted by molar-refractivity contribution is -0.134. The summed E-state index contributed by atoms with van der Waals surface area (Å²) >= 11 is 12.2. The Morgan fingerprint density at radius 1 is 1.04 bits per heavy atom. The van der Waals surface area contributed by atoms with Crippen LogP contribution in [-0.2, 0) is 26.4 Å². The van der Waals surface area contributed by atoms with E-state index in [0.29, 0.717) is 27.5 Å². The number of carbonyl (C=O) groups is 3. The van der Waals surface area contributed by atoms with Crippen molar-refractivity contribution in [3.63, 3.8) is 0 Å². The van der Waals surface area contributed by atoms with E-state index in [1.54, 1.807) is 47.4 Å². The summed E-state index contributed by atoms with van der Waals surface area (Å²) in [6.07, 6.45) is 3.87. The molecule has 0 unspecified atom stereocenters. The molecule has 7 rings (SSSR count). The molecule has 0 spiro atoms. The highest BCUT2D eigenvalue weighted by Gasteiger charge is 2.55. The molecule has 2 amide bonds. The number of aromatic nitrogens is 6. The first kappa shape index (κ1) is 39.5. The number of hydrogen-bond donors (Lipinski definition) is 1. The Labute approximate surface area is 335 Å². The fourth-order valence-electron chi connectivity index (χ4n) is 6.82. The second-order valence-electron chi connectivity index (χ2n) is 14.9. The third-order valence-corrected chi connectivity index (χ3v) is 9.87. The summed E-state index contributed by atoms with van der Waals surface area (Å²) in [5.41, 5.74) is -0.265. The Kier molecular flexibility index (Phi) is 11.1. The highest BCUT2D eigenvalue weighted by molar-refractivity contribution is 6.61. The van der Waals surface area contributed by atoms with Crippen molar-refractivity contribution in [2.24, 2.45) is 10.4 Å². The Morgan fingerprint density at radius 3 is 2.44 bits per heavy atom. The molecule has 296 valence electrons. The number of guanidine groups is 1. The van der Waals surface area contributed by atoms with Crippen molar-refractivity contribution in [1.82, 2.24) is 40.0 Å². The molecule has 1 saturated heterocycles. The molecule has 0 radical (unpaired) electrons. The molecule has 57 heavy (non-hydrogen) atoms. The maximum atomic E-state index is 15.4. The third-order valence-electron chi connectivity index (χ3n) is 9.43. The van der Waals surface area contributed by atoms with Crippen LogP contribution >= 0.6 is 23.2 Å². The van der Waals surface area contributed by atoms with E-state index in [9.17, 15) is 18.4 Å². The van der Waals surface area contributed by atoms with Crippen LogP contribution in [0.15, 0.2) is 90.3 Å². The van der Waals surface area contributed by atoms with E-state index in [-0.39, 0.29) is 41.0 Å². The van der Waals surface area contributed by atoms with E-state index < -0.39 is 47.6 Å². The minimum absolute atomic E-state index is 0.0460. The molecule has 2 fully saturated rings. The van der Waals surface area contributed by atoms with Gasteiger partial charge in [-0.15, -0.1) is 4.99 Å². The summed E-state index contributed by atoms with van der Waals surface area (Å²) in [4.78, 5) is 52.1. The van der Waals surface area contributed by atoms with Gasteiger partial charge in [0.25, 0.3) is 5.91 Å². The lowest BCUT2D eigenvalue weighted by Gasteiger charge is -2.35. The largest absolute Gasteiger partial charge is 0.451 e. The molecule has 14 nitrogen and oxygen atoms in total. The van der Waals surface area contributed by atoms with Crippen LogP contribution in [0.4, 0.5) is 18.4 Å². The quantitative estimate of drug-likeness (QED) is 0.121. The first-order chi connectivity index (χ1) is 27.2. The summed E-state index contributed by atoms with van der Waals surface area (Å²) in [6, 6.07) is 19.6. The Morgan fingerprint density at radius 2 is 1.77 bits per heavy atom. The molecule has 5 aromatic rings. The van der Waals surface area contributed by atoms with E-state index >= 15 is 4.79 Å². The van der Waals surface area contributed by atoms with E-state index in [4.69, 9.17) is 32.7 Å². The predicted octanol–water partition coefficient (Wildman–Crippen LogP) is 8.46. The van der Waals surface area contributed by atoms with Crippen LogP contribution in [0.2, 0.25) is 5.02 Å². The minimum Gasteiger partial charge on any atom is -0.451 e. The van der Waals surface area contributed by atoms with Crippen molar-refractivity contribution in [1.29, 1.82) is 0 Å². The molecular weight excluding hydrogens is 783 g/mol. The number of benzene rings is 3. The first-order valence-corrected chi connectivity index (χ1v) is 18.7. The standard InChI is InChI=1S/C39H37Cl2F2N9O5/c1-38(2,3)21-39(26-12-9-24(10-13-26)30-18-45-52(49-30)27-14-15-27)33(53)50(36(48-39)47-37(55)57-19-23-7-5-4-6-8-23)31(20-56-34(41)54)25-11-16-29(40)28(17-25)32-44-22-46-51(32)35(42)43/h4-13,16-18,22,27,31,35H,14-15,19-21H2,1-3H3,(H,47,48,55)/t31-,39-/m1/s1. The van der Waals surface area contributed by atoms with Crippen LogP contribution in [-0.4, -0.2) is 64.7 Å². The molecule has 1 N–H and O–H groups in total. The Balaban J connectivity index is 1.34. The van der Waals surface area contributed by atoms with Crippen molar-refractivity contribution >= 4 is 46.6 Å². The van der Waals surface area contributed by atoms with Gasteiger partial charge in [-0.05, 0) is 53.5 Å². The van der Waals surface area contributed by atoms with Crippen LogP contribution in [0.5, 0.6) is 0 Å². The lowest BCUT2D eigenvalue weighted by atomic mass is 9.75. The number of carbonyl (C=O) groups excluding carboxylic acids is 3. The van der Waals surface area contributed by atoms with Crippen molar-refractivity contribution in [3.8, 4) is 22.6 Å².